The first-order chi connectivity index (χ1) is 14.0. The topological polar surface area (TPSA) is 55.2 Å². The van der Waals surface area contributed by atoms with E-state index in [-0.39, 0.29) is 11.5 Å². The molecule has 1 amide bonds. The highest BCUT2D eigenvalue weighted by atomic mass is 32.1. The van der Waals surface area contributed by atoms with Gasteiger partial charge < -0.3 is 4.90 Å². The summed E-state index contributed by atoms with van der Waals surface area (Å²) in [7, 11) is 3.45. The van der Waals surface area contributed by atoms with Crippen LogP contribution in [0.5, 0.6) is 0 Å². The molecule has 4 rings (SSSR count). The van der Waals surface area contributed by atoms with Crippen molar-refractivity contribution >= 4 is 27.5 Å². The van der Waals surface area contributed by atoms with Crippen molar-refractivity contribution in [3.8, 4) is 10.4 Å². The predicted molar refractivity (Wildman–Crippen MR) is 118 cm³/mol. The number of carbonyl (C=O) groups excluding carboxylic acids is 1. The van der Waals surface area contributed by atoms with E-state index in [4.69, 9.17) is 0 Å². The quantitative estimate of drug-likeness (QED) is 0.514. The molecule has 0 bridgehead atoms. The van der Waals surface area contributed by atoms with E-state index in [9.17, 15) is 9.59 Å². The zero-order valence-corrected chi connectivity index (χ0v) is 17.4. The second-order valence-electron chi connectivity index (χ2n) is 7.18. The van der Waals surface area contributed by atoms with E-state index in [1.807, 2.05) is 55.5 Å². The van der Waals surface area contributed by atoms with Crippen LogP contribution in [-0.2, 0) is 6.54 Å². The lowest BCUT2D eigenvalue weighted by Gasteiger charge is -2.12. The van der Waals surface area contributed by atoms with E-state index in [1.165, 1.54) is 0 Å². The molecule has 5 nitrogen and oxygen atoms in total. The van der Waals surface area contributed by atoms with Gasteiger partial charge in [-0.3, -0.25) is 14.2 Å². The SMILES string of the molecule is Cc1c(-c2ccccc2)sc2ncn(Cc3cccc(C(=O)N(C)C)c3)c(=O)c12. The number of carbonyl (C=O) groups is 1. The first-order valence-corrected chi connectivity index (χ1v) is 10.1. The molecule has 146 valence electrons. The van der Waals surface area contributed by atoms with Crippen LogP contribution < -0.4 is 5.56 Å². The van der Waals surface area contributed by atoms with Crippen LogP contribution in [0.2, 0.25) is 0 Å². The van der Waals surface area contributed by atoms with E-state index < -0.39 is 0 Å². The summed E-state index contributed by atoms with van der Waals surface area (Å²) >= 11 is 1.54. The van der Waals surface area contributed by atoms with Crippen molar-refractivity contribution < 1.29 is 4.79 Å². The highest BCUT2D eigenvalue weighted by Gasteiger charge is 2.16. The predicted octanol–water partition coefficient (Wildman–Crippen LogP) is 4.18. The molecule has 6 heteroatoms. The van der Waals surface area contributed by atoms with Gasteiger partial charge in [0, 0.05) is 24.5 Å². The number of nitrogens with zero attached hydrogens (tertiary/aromatic N) is 3. The molecule has 0 aliphatic heterocycles. The van der Waals surface area contributed by atoms with Crippen molar-refractivity contribution in [2.45, 2.75) is 13.5 Å². The summed E-state index contributed by atoms with van der Waals surface area (Å²) in [6.07, 6.45) is 1.59. The molecule has 0 radical (unpaired) electrons. The minimum atomic E-state index is -0.0612. The monoisotopic (exact) mass is 403 g/mol. The summed E-state index contributed by atoms with van der Waals surface area (Å²) in [4.78, 5) is 33.3. The first kappa shape index (κ1) is 19.1. The normalized spacial score (nSPS) is 11.0. The van der Waals surface area contributed by atoms with Crippen LogP contribution >= 0.6 is 11.3 Å². The zero-order chi connectivity index (χ0) is 20.5. The van der Waals surface area contributed by atoms with E-state index in [1.54, 1.807) is 47.3 Å². The molecule has 0 fully saturated rings. The Labute approximate surface area is 172 Å². The number of amides is 1. The van der Waals surface area contributed by atoms with Gasteiger partial charge in [0.05, 0.1) is 18.3 Å². The summed E-state index contributed by atoms with van der Waals surface area (Å²) in [5, 5.41) is 0.664. The Balaban J connectivity index is 1.74. The molecule has 29 heavy (non-hydrogen) atoms. The maximum atomic E-state index is 13.2. The fourth-order valence-corrected chi connectivity index (χ4v) is 4.54. The average molecular weight is 404 g/mol. The van der Waals surface area contributed by atoms with E-state index in [2.05, 4.69) is 4.98 Å². The fraction of sp³-hybridized carbons (Fsp3) is 0.174. The van der Waals surface area contributed by atoms with E-state index in [0.29, 0.717) is 17.5 Å². The van der Waals surface area contributed by atoms with Gasteiger partial charge in [-0.1, -0.05) is 42.5 Å². The van der Waals surface area contributed by atoms with Crippen molar-refractivity contribution in [2.24, 2.45) is 0 Å². The summed E-state index contributed by atoms with van der Waals surface area (Å²) in [5.41, 5.74) is 3.48. The molecule has 0 aliphatic rings. The van der Waals surface area contributed by atoms with Gasteiger partial charge >= 0.3 is 0 Å². The van der Waals surface area contributed by atoms with Gasteiger partial charge in [-0.05, 0) is 35.7 Å². The average Bonchev–Trinajstić information content (AvgIpc) is 3.07. The Bertz CT molecular complexity index is 1260. The Morgan fingerprint density at radius 3 is 2.59 bits per heavy atom. The summed E-state index contributed by atoms with van der Waals surface area (Å²) < 4.78 is 1.61. The molecule has 2 aromatic carbocycles. The first-order valence-electron chi connectivity index (χ1n) is 9.30. The number of thiophene rings is 1. The highest BCUT2D eigenvalue weighted by Crippen LogP contribution is 2.35. The summed E-state index contributed by atoms with van der Waals surface area (Å²) in [6.45, 7) is 2.34. The van der Waals surface area contributed by atoms with Gasteiger partial charge in [0.15, 0.2) is 0 Å². The van der Waals surface area contributed by atoms with E-state index in [0.717, 1.165) is 26.4 Å². The Morgan fingerprint density at radius 2 is 1.86 bits per heavy atom. The highest BCUT2D eigenvalue weighted by molar-refractivity contribution is 7.22. The standard InChI is InChI=1S/C23H21N3O2S/c1-15-19-21(29-20(15)17-9-5-4-6-10-17)24-14-26(23(19)28)13-16-8-7-11-18(12-16)22(27)25(2)3/h4-12,14H,13H2,1-3H3. The molecule has 0 unspecified atom stereocenters. The third-order valence-corrected chi connectivity index (χ3v) is 6.14. The zero-order valence-electron chi connectivity index (χ0n) is 16.5. The maximum absolute atomic E-state index is 13.2. The lowest BCUT2D eigenvalue weighted by molar-refractivity contribution is 0.0827. The molecule has 4 aromatic rings. The fourth-order valence-electron chi connectivity index (χ4n) is 3.39. The molecule has 2 heterocycles. The Hall–Kier alpha value is -3.25. The number of benzene rings is 2. The van der Waals surface area contributed by atoms with Crippen molar-refractivity contribution in [1.82, 2.24) is 14.5 Å². The van der Waals surface area contributed by atoms with Gasteiger partial charge in [0.25, 0.3) is 11.5 Å². The van der Waals surface area contributed by atoms with Gasteiger partial charge in [0.2, 0.25) is 0 Å². The Kier molecular flexibility index (Phi) is 5.03. The third-order valence-electron chi connectivity index (χ3n) is 4.89. The number of hydrogen-bond donors (Lipinski definition) is 0. The van der Waals surface area contributed by atoms with Gasteiger partial charge in [-0.15, -0.1) is 11.3 Å². The lowest BCUT2D eigenvalue weighted by atomic mass is 10.1. The van der Waals surface area contributed by atoms with E-state index >= 15 is 0 Å². The molecule has 0 aliphatic carbocycles. The van der Waals surface area contributed by atoms with Gasteiger partial charge in [-0.2, -0.15) is 0 Å². The largest absolute Gasteiger partial charge is 0.345 e. The van der Waals surface area contributed by atoms with Crippen molar-refractivity contribution in [3.63, 3.8) is 0 Å². The van der Waals surface area contributed by atoms with Crippen molar-refractivity contribution in [2.75, 3.05) is 14.1 Å². The lowest BCUT2D eigenvalue weighted by Crippen LogP contribution is -2.23. The molecule has 0 saturated carbocycles. The van der Waals surface area contributed by atoms with Crippen LogP contribution in [0.15, 0.2) is 65.7 Å². The number of fused-ring (bicyclic) bond motifs is 1. The number of hydrogen-bond acceptors (Lipinski definition) is 4. The third kappa shape index (κ3) is 3.59. The van der Waals surface area contributed by atoms with Crippen LogP contribution in [0.1, 0.15) is 21.5 Å². The van der Waals surface area contributed by atoms with Gasteiger partial charge in [0.1, 0.15) is 4.83 Å². The molecular weight excluding hydrogens is 382 g/mol. The molecular formula is C23H21N3O2S. The summed E-state index contributed by atoms with van der Waals surface area (Å²) in [6, 6.07) is 17.4. The van der Waals surface area contributed by atoms with Crippen LogP contribution in [-0.4, -0.2) is 34.5 Å². The van der Waals surface area contributed by atoms with Crippen LogP contribution in [0.4, 0.5) is 0 Å². The summed E-state index contributed by atoms with van der Waals surface area (Å²) in [5.74, 6) is -0.0612. The Morgan fingerprint density at radius 1 is 1.10 bits per heavy atom. The smallest absolute Gasteiger partial charge is 0.262 e. The number of aromatic nitrogens is 2. The molecule has 0 atom stereocenters. The van der Waals surface area contributed by atoms with Crippen molar-refractivity contribution in [1.29, 1.82) is 0 Å². The molecule has 0 spiro atoms. The van der Waals surface area contributed by atoms with Crippen LogP contribution in [0.25, 0.3) is 20.7 Å². The molecule has 0 N–H and O–H groups in total. The minimum absolute atomic E-state index is 0.0599. The minimum Gasteiger partial charge on any atom is -0.345 e. The molecule has 0 saturated heterocycles. The maximum Gasteiger partial charge on any atom is 0.262 e. The van der Waals surface area contributed by atoms with Crippen LogP contribution in [0, 0.1) is 6.92 Å². The number of rotatable bonds is 4. The second-order valence-corrected chi connectivity index (χ2v) is 8.18. The van der Waals surface area contributed by atoms with Crippen LogP contribution in [0.3, 0.4) is 0 Å². The van der Waals surface area contributed by atoms with Crippen molar-refractivity contribution in [3.05, 3.63) is 88.0 Å². The number of aryl methyl sites for hydroxylation is 1. The van der Waals surface area contributed by atoms with Gasteiger partial charge in [-0.25, -0.2) is 4.98 Å². The molecule has 2 aromatic heterocycles. The second kappa shape index (κ2) is 7.64.